The highest BCUT2D eigenvalue weighted by Crippen LogP contribution is 2.13. The van der Waals surface area contributed by atoms with Gasteiger partial charge in [0.15, 0.2) is 6.61 Å². The van der Waals surface area contributed by atoms with Crippen LogP contribution in [0.3, 0.4) is 0 Å². The standard InChI is InChI=1S/C22H23NO4/c1-3-14-26-20-11-8-18(9-12-20)10-13-22(25)27-16-21(24)23-15-19-6-4-17(2)5-7-19/h3-13H,1,14-16H2,2H3,(H,23,24)/b13-10+. The third-order valence-corrected chi connectivity index (χ3v) is 3.62. The van der Waals surface area contributed by atoms with E-state index in [0.29, 0.717) is 13.2 Å². The number of carbonyl (C=O) groups excluding carboxylic acids is 2. The fourth-order valence-corrected chi connectivity index (χ4v) is 2.14. The molecule has 5 heteroatoms. The SMILES string of the molecule is C=CCOc1ccc(/C=C/C(=O)OCC(=O)NCc2ccc(C)cc2)cc1. The molecule has 1 N–H and O–H groups in total. The number of esters is 1. The largest absolute Gasteiger partial charge is 0.490 e. The Morgan fingerprint density at radius 1 is 1.07 bits per heavy atom. The summed E-state index contributed by atoms with van der Waals surface area (Å²) in [5.41, 5.74) is 2.96. The van der Waals surface area contributed by atoms with Crippen molar-refractivity contribution in [3.8, 4) is 5.75 Å². The molecular weight excluding hydrogens is 342 g/mol. The lowest BCUT2D eigenvalue weighted by molar-refractivity contribution is -0.143. The van der Waals surface area contributed by atoms with Crippen LogP contribution in [0.25, 0.3) is 6.08 Å². The second-order valence-electron chi connectivity index (χ2n) is 5.87. The molecule has 2 aromatic carbocycles. The lowest BCUT2D eigenvalue weighted by Gasteiger charge is -2.06. The van der Waals surface area contributed by atoms with Crippen molar-refractivity contribution in [1.82, 2.24) is 5.32 Å². The molecule has 5 nitrogen and oxygen atoms in total. The predicted molar refractivity (Wildman–Crippen MR) is 105 cm³/mol. The van der Waals surface area contributed by atoms with Gasteiger partial charge in [0.25, 0.3) is 5.91 Å². The molecule has 0 saturated heterocycles. The molecule has 0 aliphatic heterocycles. The first-order chi connectivity index (χ1) is 13.1. The third kappa shape index (κ3) is 7.61. The van der Waals surface area contributed by atoms with Crippen LogP contribution >= 0.6 is 0 Å². The molecule has 140 valence electrons. The first-order valence-electron chi connectivity index (χ1n) is 8.57. The summed E-state index contributed by atoms with van der Waals surface area (Å²) < 4.78 is 10.3. The molecule has 1 amide bonds. The summed E-state index contributed by atoms with van der Waals surface area (Å²) in [7, 11) is 0. The Morgan fingerprint density at radius 3 is 2.44 bits per heavy atom. The van der Waals surface area contributed by atoms with E-state index < -0.39 is 5.97 Å². The number of amides is 1. The summed E-state index contributed by atoms with van der Waals surface area (Å²) in [4.78, 5) is 23.5. The molecule has 0 fully saturated rings. The average molecular weight is 365 g/mol. The smallest absolute Gasteiger partial charge is 0.331 e. The van der Waals surface area contributed by atoms with E-state index in [4.69, 9.17) is 9.47 Å². The zero-order chi connectivity index (χ0) is 19.5. The first kappa shape index (κ1) is 20.0. The average Bonchev–Trinajstić information content (AvgIpc) is 2.69. The van der Waals surface area contributed by atoms with Crippen molar-refractivity contribution in [1.29, 1.82) is 0 Å². The van der Waals surface area contributed by atoms with E-state index in [-0.39, 0.29) is 12.5 Å². The molecule has 0 spiro atoms. The van der Waals surface area contributed by atoms with Crippen LogP contribution in [0.5, 0.6) is 5.75 Å². The van der Waals surface area contributed by atoms with Gasteiger partial charge in [-0.3, -0.25) is 4.79 Å². The topological polar surface area (TPSA) is 64.6 Å². The molecule has 0 saturated carbocycles. The Kier molecular flexibility index (Phi) is 7.85. The lowest BCUT2D eigenvalue weighted by atomic mass is 10.1. The predicted octanol–water partition coefficient (Wildman–Crippen LogP) is 3.43. The van der Waals surface area contributed by atoms with Gasteiger partial charge >= 0.3 is 5.97 Å². The van der Waals surface area contributed by atoms with Crippen LogP contribution in [0.15, 0.2) is 67.3 Å². The zero-order valence-electron chi connectivity index (χ0n) is 15.3. The Balaban J connectivity index is 1.71. The summed E-state index contributed by atoms with van der Waals surface area (Å²) in [6.45, 7) is 6.10. The Bertz CT molecular complexity index is 792. The van der Waals surface area contributed by atoms with Crippen molar-refractivity contribution >= 4 is 18.0 Å². The lowest BCUT2D eigenvalue weighted by Crippen LogP contribution is -2.28. The fourth-order valence-electron chi connectivity index (χ4n) is 2.14. The Labute approximate surface area is 159 Å². The van der Waals surface area contributed by atoms with E-state index in [0.717, 1.165) is 22.4 Å². The van der Waals surface area contributed by atoms with Gasteiger partial charge in [-0.25, -0.2) is 4.79 Å². The van der Waals surface area contributed by atoms with Gasteiger partial charge in [-0.15, -0.1) is 0 Å². The first-order valence-corrected chi connectivity index (χ1v) is 8.57. The number of ether oxygens (including phenoxy) is 2. The van der Waals surface area contributed by atoms with Gasteiger partial charge in [-0.2, -0.15) is 0 Å². The van der Waals surface area contributed by atoms with Crippen molar-refractivity contribution in [3.63, 3.8) is 0 Å². The normalized spacial score (nSPS) is 10.4. The van der Waals surface area contributed by atoms with Crippen LogP contribution in [-0.4, -0.2) is 25.1 Å². The van der Waals surface area contributed by atoms with E-state index in [1.165, 1.54) is 6.08 Å². The third-order valence-electron chi connectivity index (χ3n) is 3.62. The summed E-state index contributed by atoms with van der Waals surface area (Å²) in [5.74, 6) is -0.201. The number of aryl methyl sites for hydroxylation is 1. The second-order valence-corrected chi connectivity index (χ2v) is 5.87. The minimum atomic E-state index is -0.576. The minimum Gasteiger partial charge on any atom is -0.490 e. The molecule has 0 aliphatic carbocycles. The summed E-state index contributed by atoms with van der Waals surface area (Å²) in [6, 6.07) is 15.1. The van der Waals surface area contributed by atoms with Crippen LogP contribution < -0.4 is 10.1 Å². The van der Waals surface area contributed by atoms with Gasteiger partial charge < -0.3 is 14.8 Å². The highest BCUT2D eigenvalue weighted by Gasteiger charge is 2.05. The van der Waals surface area contributed by atoms with Crippen molar-refractivity contribution < 1.29 is 19.1 Å². The highest BCUT2D eigenvalue weighted by molar-refractivity contribution is 5.89. The van der Waals surface area contributed by atoms with Crippen LogP contribution in [0.4, 0.5) is 0 Å². The number of nitrogens with one attached hydrogen (secondary N) is 1. The van der Waals surface area contributed by atoms with Crippen molar-refractivity contribution in [3.05, 3.63) is 84.0 Å². The maximum Gasteiger partial charge on any atom is 0.331 e. The van der Waals surface area contributed by atoms with Gasteiger partial charge in [-0.05, 0) is 36.3 Å². The molecule has 0 atom stereocenters. The molecule has 2 rings (SSSR count). The van der Waals surface area contributed by atoms with E-state index in [9.17, 15) is 9.59 Å². The number of benzene rings is 2. The van der Waals surface area contributed by atoms with Crippen molar-refractivity contribution in [2.45, 2.75) is 13.5 Å². The highest BCUT2D eigenvalue weighted by atomic mass is 16.5. The van der Waals surface area contributed by atoms with Gasteiger partial charge in [0.2, 0.25) is 0 Å². The summed E-state index contributed by atoms with van der Waals surface area (Å²) in [5, 5.41) is 2.71. The van der Waals surface area contributed by atoms with Crippen molar-refractivity contribution in [2.24, 2.45) is 0 Å². The molecule has 0 bridgehead atoms. The van der Waals surface area contributed by atoms with E-state index in [1.807, 2.05) is 43.3 Å². The van der Waals surface area contributed by atoms with Crippen LogP contribution in [0.1, 0.15) is 16.7 Å². The summed E-state index contributed by atoms with van der Waals surface area (Å²) >= 11 is 0. The minimum absolute atomic E-state index is 0.316. The number of carbonyl (C=O) groups is 2. The summed E-state index contributed by atoms with van der Waals surface area (Å²) in [6.07, 6.45) is 4.57. The number of rotatable bonds is 9. The molecular formula is C22H23NO4. The van der Waals surface area contributed by atoms with Crippen LogP contribution in [0, 0.1) is 6.92 Å². The number of hydrogen-bond donors (Lipinski definition) is 1. The quantitative estimate of drug-likeness (QED) is 0.420. The Hall–Kier alpha value is -3.34. The molecule has 0 unspecified atom stereocenters. The van der Waals surface area contributed by atoms with Crippen LogP contribution in [-0.2, 0) is 20.9 Å². The fraction of sp³-hybridized carbons (Fsp3) is 0.182. The van der Waals surface area contributed by atoms with E-state index in [1.54, 1.807) is 24.3 Å². The van der Waals surface area contributed by atoms with E-state index >= 15 is 0 Å². The molecule has 0 aliphatic rings. The molecule has 0 radical (unpaired) electrons. The molecule has 2 aromatic rings. The van der Waals surface area contributed by atoms with Gasteiger partial charge in [0.1, 0.15) is 12.4 Å². The van der Waals surface area contributed by atoms with Gasteiger partial charge in [0, 0.05) is 12.6 Å². The number of hydrogen-bond acceptors (Lipinski definition) is 4. The Morgan fingerprint density at radius 2 is 1.78 bits per heavy atom. The van der Waals surface area contributed by atoms with Crippen LogP contribution in [0.2, 0.25) is 0 Å². The second kappa shape index (κ2) is 10.6. The molecule has 0 heterocycles. The molecule has 27 heavy (non-hydrogen) atoms. The van der Waals surface area contributed by atoms with Crippen molar-refractivity contribution in [2.75, 3.05) is 13.2 Å². The molecule has 0 aromatic heterocycles. The van der Waals surface area contributed by atoms with Gasteiger partial charge in [-0.1, -0.05) is 54.6 Å². The monoisotopic (exact) mass is 365 g/mol. The maximum absolute atomic E-state index is 11.8. The van der Waals surface area contributed by atoms with Gasteiger partial charge in [0.05, 0.1) is 0 Å². The zero-order valence-corrected chi connectivity index (χ0v) is 15.3. The maximum atomic E-state index is 11.8. The van der Waals surface area contributed by atoms with E-state index in [2.05, 4.69) is 11.9 Å².